The van der Waals surface area contributed by atoms with Crippen LogP contribution in [-0.4, -0.2) is 60.6 Å². The van der Waals surface area contributed by atoms with Gasteiger partial charge in [0.2, 0.25) is 5.91 Å². The van der Waals surface area contributed by atoms with Crippen LogP contribution in [-0.2, 0) is 22.7 Å². The van der Waals surface area contributed by atoms with Gasteiger partial charge in [0.25, 0.3) is 0 Å². The number of nitrogens with one attached hydrogen (secondary N) is 2. The summed E-state index contributed by atoms with van der Waals surface area (Å²) >= 11 is 0. The van der Waals surface area contributed by atoms with Crippen LogP contribution in [0.4, 0.5) is 9.59 Å². The fraction of sp³-hybridized carbons (Fsp3) is 0.304. The van der Waals surface area contributed by atoms with E-state index in [4.69, 9.17) is 10.00 Å². The summed E-state index contributed by atoms with van der Waals surface area (Å²) in [5.41, 5.74) is 2.33. The molecule has 0 saturated carbocycles. The van der Waals surface area contributed by atoms with Crippen molar-refractivity contribution in [2.45, 2.75) is 13.2 Å². The van der Waals surface area contributed by atoms with Crippen molar-refractivity contribution in [2.24, 2.45) is 0 Å². The van der Waals surface area contributed by atoms with Crippen LogP contribution >= 0.6 is 0 Å². The van der Waals surface area contributed by atoms with Crippen LogP contribution in [0.15, 0.2) is 54.6 Å². The summed E-state index contributed by atoms with van der Waals surface area (Å²) in [7, 11) is 0. The van der Waals surface area contributed by atoms with Crippen LogP contribution < -0.4 is 10.6 Å². The molecular formula is C23H25N5O4. The highest BCUT2D eigenvalue weighted by Gasteiger charge is 2.24. The SMILES string of the molecule is N#Cc1ccc(CNC(=O)N2CCN(C(=O)CNC(=O)OCc3ccccc3)CC2)cc1. The second-order valence-electron chi connectivity index (χ2n) is 7.25. The summed E-state index contributed by atoms with van der Waals surface area (Å²) in [6.45, 7) is 1.94. The molecule has 0 spiro atoms. The summed E-state index contributed by atoms with van der Waals surface area (Å²) in [6.07, 6.45) is -0.650. The quantitative estimate of drug-likeness (QED) is 0.719. The van der Waals surface area contributed by atoms with E-state index in [-0.39, 0.29) is 25.1 Å². The molecule has 2 N–H and O–H groups in total. The predicted octanol–water partition coefficient (Wildman–Crippen LogP) is 1.84. The van der Waals surface area contributed by atoms with Crippen molar-refractivity contribution in [3.05, 3.63) is 71.3 Å². The molecule has 0 aliphatic carbocycles. The lowest BCUT2D eigenvalue weighted by Crippen LogP contribution is -2.54. The molecule has 2 aromatic carbocycles. The molecule has 0 atom stereocenters. The van der Waals surface area contributed by atoms with E-state index >= 15 is 0 Å². The van der Waals surface area contributed by atoms with Gasteiger partial charge in [-0.3, -0.25) is 4.79 Å². The topological polar surface area (TPSA) is 115 Å². The molecule has 4 amide bonds. The summed E-state index contributed by atoms with van der Waals surface area (Å²) in [5.74, 6) is -0.223. The first-order chi connectivity index (χ1) is 15.5. The lowest BCUT2D eigenvalue weighted by Gasteiger charge is -2.34. The molecule has 1 fully saturated rings. The van der Waals surface area contributed by atoms with E-state index in [1.165, 1.54) is 0 Å². The molecule has 32 heavy (non-hydrogen) atoms. The zero-order chi connectivity index (χ0) is 22.8. The Morgan fingerprint density at radius 1 is 0.875 bits per heavy atom. The van der Waals surface area contributed by atoms with Crippen molar-refractivity contribution in [1.82, 2.24) is 20.4 Å². The molecule has 1 aliphatic heterocycles. The molecule has 3 rings (SSSR count). The Balaban J connectivity index is 1.33. The lowest BCUT2D eigenvalue weighted by atomic mass is 10.1. The lowest BCUT2D eigenvalue weighted by molar-refractivity contribution is -0.131. The first-order valence-corrected chi connectivity index (χ1v) is 10.3. The third-order valence-electron chi connectivity index (χ3n) is 5.04. The third-order valence-corrected chi connectivity index (χ3v) is 5.04. The molecule has 0 unspecified atom stereocenters. The largest absolute Gasteiger partial charge is 0.445 e. The van der Waals surface area contributed by atoms with Crippen molar-refractivity contribution >= 4 is 18.0 Å². The number of benzene rings is 2. The number of hydrogen-bond donors (Lipinski definition) is 2. The third kappa shape index (κ3) is 6.74. The highest BCUT2D eigenvalue weighted by Crippen LogP contribution is 2.06. The Bertz CT molecular complexity index is 964. The van der Waals surface area contributed by atoms with E-state index < -0.39 is 6.09 Å². The highest BCUT2D eigenvalue weighted by molar-refractivity contribution is 5.82. The van der Waals surface area contributed by atoms with Gasteiger partial charge in [-0.15, -0.1) is 0 Å². The summed E-state index contributed by atoms with van der Waals surface area (Å²) < 4.78 is 5.09. The average molecular weight is 435 g/mol. The molecule has 0 radical (unpaired) electrons. The monoisotopic (exact) mass is 435 g/mol. The van der Waals surface area contributed by atoms with Gasteiger partial charge in [-0.25, -0.2) is 9.59 Å². The molecular weight excluding hydrogens is 410 g/mol. The van der Waals surface area contributed by atoms with Crippen LogP contribution in [0.5, 0.6) is 0 Å². The number of alkyl carbamates (subject to hydrolysis) is 1. The number of carbonyl (C=O) groups excluding carboxylic acids is 3. The number of rotatable bonds is 6. The van der Waals surface area contributed by atoms with Crippen LogP contribution in [0.1, 0.15) is 16.7 Å². The number of urea groups is 1. The van der Waals surface area contributed by atoms with Gasteiger partial charge in [0.1, 0.15) is 13.2 Å². The molecule has 9 nitrogen and oxygen atoms in total. The number of piperazine rings is 1. The van der Waals surface area contributed by atoms with Gasteiger partial charge >= 0.3 is 12.1 Å². The van der Waals surface area contributed by atoms with Crippen molar-refractivity contribution in [1.29, 1.82) is 5.26 Å². The molecule has 2 aromatic rings. The Kier molecular flexibility index (Phi) is 8.03. The van der Waals surface area contributed by atoms with Gasteiger partial charge in [0.05, 0.1) is 11.6 Å². The minimum absolute atomic E-state index is 0.136. The first kappa shape index (κ1) is 22.6. The molecule has 9 heteroatoms. The number of ether oxygens (including phenoxy) is 1. The van der Waals surface area contributed by atoms with E-state index in [1.54, 1.807) is 34.1 Å². The van der Waals surface area contributed by atoms with Gasteiger partial charge in [-0.2, -0.15) is 5.26 Å². The van der Waals surface area contributed by atoms with Crippen molar-refractivity contribution in [3.8, 4) is 6.07 Å². The Hall–Kier alpha value is -4.06. The van der Waals surface area contributed by atoms with Crippen LogP contribution in [0.2, 0.25) is 0 Å². The maximum absolute atomic E-state index is 12.4. The predicted molar refractivity (Wildman–Crippen MR) is 116 cm³/mol. The van der Waals surface area contributed by atoms with Crippen LogP contribution in [0.25, 0.3) is 0 Å². The number of amides is 4. The zero-order valence-electron chi connectivity index (χ0n) is 17.6. The van der Waals surface area contributed by atoms with Crippen molar-refractivity contribution < 1.29 is 19.1 Å². The standard InChI is InChI=1S/C23H25N5O4/c24-14-18-6-8-19(9-7-18)15-25-22(30)28-12-10-27(11-13-28)21(29)16-26-23(31)32-17-20-4-2-1-3-5-20/h1-9H,10-13,15-17H2,(H,25,30)(H,26,31). The van der Waals surface area contributed by atoms with Gasteiger partial charge in [-0.1, -0.05) is 42.5 Å². The summed E-state index contributed by atoms with van der Waals surface area (Å²) in [6, 6.07) is 18.1. The van der Waals surface area contributed by atoms with Crippen LogP contribution in [0, 0.1) is 11.3 Å². The van der Waals surface area contributed by atoms with Crippen LogP contribution in [0.3, 0.4) is 0 Å². The maximum atomic E-state index is 12.4. The second kappa shape index (κ2) is 11.4. The van der Waals surface area contributed by atoms with Crippen molar-refractivity contribution in [2.75, 3.05) is 32.7 Å². The normalized spacial score (nSPS) is 13.1. The number of carbonyl (C=O) groups is 3. The number of nitriles is 1. The fourth-order valence-electron chi connectivity index (χ4n) is 3.18. The minimum Gasteiger partial charge on any atom is -0.445 e. The summed E-state index contributed by atoms with van der Waals surface area (Å²) in [4.78, 5) is 39.7. The molecule has 1 aliphatic rings. The molecule has 1 saturated heterocycles. The Morgan fingerprint density at radius 2 is 1.53 bits per heavy atom. The van der Waals surface area contributed by atoms with E-state index in [1.807, 2.05) is 30.3 Å². The van der Waals surface area contributed by atoms with Crippen molar-refractivity contribution in [3.63, 3.8) is 0 Å². The van der Waals surface area contributed by atoms with Gasteiger partial charge in [0, 0.05) is 32.7 Å². The zero-order valence-corrected chi connectivity index (χ0v) is 17.6. The fourth-order valence-corrected chi connectivity index (χ4v) is 3.18. The smallest absolute Gasteiger partial charge is 0.407 e. The summed E-state index contributed by atoms with van der Waals surface area (Å²) in [5, 5.41) is 14.1. The number of nitrogens with zero attached hydrogens (tertiary/aromatic N) is 3. The maximum Gasteiger partial charge on any atom is 0.407 e. The molecule has 0 aromatic heterocycles. The number of hydrogen-bond acceptors (Lipinski definition) is 5. The highest BCUT2D eigenvalue weighted by atomic mass is 16.5. The van der Waals surface area contributed by atoms with E-state index in [2.05, 4.69) is 16.7 Å². The average Bonchev–Trinajstić information content (AvgIpc) is 2.85. The Morgan fingerprint density at radius 3 is 2.19 bits per heavy atom. The van der Waals surface area contributed by atoms with E-state index in [9.17, 15) is 14.4 Å². The minimum atomic E-state index is -0.650. The second-order valence-corrected chi connectivity index (χ2v) is 7.25. The Labute approximate surface area is 186 Å². The first-order valence-electron chi connectivity index (χ1n) is 10.3. The van der Waals surface area contributed by atoms with Gasteiger partial charge in [0.15, 0.2) is 0 Å². The van der Waals surface area contributed by atoms with E-state index in [0.717, 1.165) is 11.1 Å². The molecule has 1 heterocycles. The molecule has 0 bridgehead atoms. The van der Waals surface area contributed by atoms with Gasteiger partial charge < -0.3 is 25.2 Å². The van der Waals surface area contributed by atoms with E-state index in [0.29, 0.717) is 38.3 Å². The molecule has 166 valence electrons. The van der Waals surface area contributed by atoms with Gasteiger partial charge in [-0.05, 0) is 23.3 Å².